The van der Waals surface area contributed by atoms with Gasteiger partial charge in [-0.05, 0) is 48.0 Å². The first-order valence-corrected chi connectivity index (χ1v) is 9.18. The molecule has 0 heterocycles. The zero-order valence-corrected chi connectivity index (χ0v) is 14.8. The van der Waals surface area contributed by atoms with Crippen LogP contribution in [0, 0.1) is 0 Å². The number of nitrogens with zero attached hydrogens (tertiary/aromatic N) is 1. The number of hydrogen-bond donors (Lipinski definition) is 0. The summed E-state index contributed by atoms with van der Waals surface area (Å²) in [4.78, 5) is 14.7. The van der Waals surface area contributed by atoms with E-state index >= 15 is 0 Å². The standard InChI is InChI=1S/C14H29NO4Si/c1-8-9-14(15-10-16)20(17-11(2)3,18-12(4)5)19-13(6)7/h11-14H,8-9H2,1-7H3. The van der Waals surface area contributed by atoms with Gasteiger partial charge < -0.3 is 13.3 Å². The Balaban J connectivity index is 5.55. The van der Waals surface area contributed by atoms with E-state index in [9.17, 15) is 4.79 Å². The first kappa shape index (κ1) is 19.5. The van der Waals surface area contributed by atoms with E-state index in [2.05, 4.69) is 4.99 Å². The molecular formula is C14H29NO4Si. The fraction of sp³-hybridized carbons (Fsp3) is 0.929. The van der Waals surface area contributed by atoms with Gasteiger partial charge in [-0.2, -0.15) is 4.99 Å². The summed E-state index contributed by atoms with van der Waals surface area (Å²) in [5.41, 5.74) is -0.391. The molecular weight excluding hydrogens is 274 g/mol. The maximum atomic E-state index is 10.8. The maximum Gasteiger partial charge on any atom is 0.528 e. The zero-order valence-electron chi connectivity index (χ0n) is 13.8. The van der Waals surface area contributed by atoms with Crippen LogP contribution in [0.4, 0.5) is 0 Å². The summed E-state index contributed by atoms with van der Waals surface area (Å²) in [5, 5.41) is 0. The van der Waals surface area contributed by atoms with Crippen molar-refractivity contribution in [2.45, 2.75) is 85.3 Å². The second-order valence-corrected chi connectivity index (χ2v) is 8.21. The molecule has 0 N–H and O–H groups in total. The lowest BCUT2D eigenvalue weighted by Gasteiger charge is -2.37. The van der Waals surface area contributed by atoms with Gasteiger partial charge in [-0.3, -0.25) is 0 Å². The van der Waals surface area contributed by atoms with Gasteiger partial charge in [-0.15, -0.1) is 0 Å². The van der Waals surface area contributed by atoms with Crippen molar-refractivity contribution < 1.29 is 18.1 Å². The fourth-order valence-corrected chi connectivity index (χ4v) is 5.42. The Kier molecular flexibility index (Phi) is 9.17. The van der Waals surface area contributed by atoms with E-state index in [1.165, 1.54) is 0 Å². The molecule has 0 aliphatic heterocycles. The maximum absolute atomic E-state index is 10.8. The molecule has 0 saturated carbocycles. The van der Waals surface area contributed by atoms with Crippen molar-refractivity contribution in [1.82, 2.24) is 0 Å². The van der Waals surface area contributed by atoms with E-state index in [-0.39, 0.29) is 18.3 Å². The lowest BCUT2D eigenvalue weighted by molar-refractivity contribution is -0.00440. The minimum atomic E-state index is -3.09. The van der Waals surface area contributed by atoms with E-state index in [0.717, 1.165) is 6.42 Å². The fourth-order valence-electron chi connectivity index (χ4n) is 1.96. The molecule has 0 aliphatic rings. The van der Waals surface area contributed by atoms with E-state index < -0.39 is 14.5 Å². The van der Waals surface area contributed by atoms with Crippen molar-refractivity contribution in [3.05, 3.63) is 0 Å². The Morgan fingerprint density at radius 3 is 1.60 bits per heavy atom. The molecule has 0 radical (unpaired) electrons. The molecule has 0 fully saturated rings. The van der Waals surface area contributed by atoms with Gasteiger partial charge >= 0.3 is 8.80 Å². The smallest absolute Gasteiger partial charge is 0.370 e. The number of isocyanates is 1. The highest BCUT2D eigenvalue weighted by molar-refractivity contribution is 6.62. The number of carbonyl (C=O) groups excluding carboxylic acids is 1. The van der Waals surface area contributed by atoms with Crippen LogP contribution in [0.1, 0.15) is 61.3 Å². The highest BCUT2D eigenvalue weighted by Crippen LogP contribution is 2.26. The Morgan fingerprint density at radius 2 is 1.35 bits per heavy atom. The van der Waals surface area contributed by atoms with Gasteiger partial charge in [0.05, 0.1) is 0 Å². The first-order valence-electron chi connectivity index (χ1n) is 7.37. The monoisotopic (exact) mass is 303 g/mol. The van der Waals surface area contributed by atoms with Gasteiger partial charge in [0.25, 0.3) is 0 Å². The molecule has 6 heteroatoms. The average Bonchev–Trinajstić information content (AvgIpc) is 2.25. The van der Waals surface area contributed by atoms with Gasteiger partial charge in [0.2, 0.25) is 6.08 Å². The van der Waals surface area contributed by atoms with E-state index in [0.29, 0.717) is 6.42 Å². The van der Waals surface area contributed by atoms with Crippen LogP contribution in [-0.4, -0.2) is 38.9 Å². The molecule has 0 aromatic heterocycles. The molecule has 0 bridgehead atoms. The molecule has 5 nitrogen and oxygen atoms in total. The number of rotatable bonds is 10. The molecule has 118 valence electrons. The third-order valence-corrected chi connectivity index (χ3v) is 6.01. The molecule has 20 heavy (non-hydrogen) atoms. The summed E-state index contributed by atoms with van der Waals surface area (Å²) in [5.74, 6) is 0. The number of hydrogen-bond acceptors (Lipinski definition) is 5. The predicted molar refractivity (Wildman–Crippen MR) is 81.2 cm³/mol. The minimum absolute atomic E-state index is 0.0552. The molecule has 0 saturated heterocycles. The van der Waals surface area contributed by atoms with Crippen molar-refractivity contribution in [3.8, 4) is 0 Å². The van der Waals surface area contributed by atoms with E-state index in [1.54, 1.807) is 6.08 Å². The van der Waals surface area contributed by atoms with Crippen molar-refractivity contribution in [2.24, 2.45) is 4.99 Å². The molecule has 0 aliphatic carbocycles. The summed E-state index contributed by atoms with van der Waals surface area (Å²) in [7, 11) is -3.09. The first-order chi connectivity index (χ1) is 9.27. The van der Waals surface area contributed by atoms with Crippen LogP contribution < -0.4 is 0 Å². The molecule has 1 unspecified atom stereocenters. The Morgan fingerprint density at radius 1 is 0.950 bits per heavy atom. The highest BCUT2D eigenvalue weighted by atomic mass is 28.4. The normalized spacial score (nSPS) is 13.9. The SMILES string of the molecule is CCCC(N=C=O)[Si](OC(C)C)(OC(C)C)OC(C)C. The van der Waals surface area contributed by atoms with E-state index in [1.807, 2.05) is 48.5 Å². The van der Waals surface area contributed by atoms with Crippen LogP contribution in [0.2, 0.25) is 0 Å². The summed E-state index contributed by atoms with van der Waals surface area (Å²) < 4.78 is 18.1. The largest absolute Gasteiger partial charge is 0.528 e. The second-order valence-electron chi connectivity index (χ2n) is 5.63. The van der Waals surface area contributed by atoms with Crippen LogP contribution in [0.5, 0.6) is 0 Å². The molecule has 0 aromatic carbocycles. The van der Waals surface area contributed by atoms with Crippen LogP contribution >= 0.6 is 0 Å². The molecule has 0 spiro atoms. The third-order valence-electron chi connectivity index (χ3n) is 2.38. The van der Waals surface area contributed by atoms with Crippen molar-refractivity contribution in [2.75, 3.05) is 0 Å². The summed E-state index contributed by atoms with van der Waals surface area (Å²) in [6.45, 7) is 13.6. The Bertz CT molecular complexity index is 288. The van der Waals surface area contributed by atoms with Gasteiger partial charge in [0, 0.05) is 18.3 Å². The quantitative estimate of drug-likeness (QED) is 0.353. The molecule has 0 aromatic rings. The molecule has 0 amide bonds. The van der Waals surface area contributed by atoms with Crippen molar-refractivity contribution >= 4 is 14.9 Å². The van der Waals surface area contributed by atoms with Crippen LogP contribution in [0.25, 0.3) is 0 Å². The van der Waals surface area contributed by atoms with Gasteiger partial charge in [0.15, 0.2) is 0 Å². The lowest BCUT2D eigenvalue weighted by atomic mass is 10.3. The van der Waals surface area contributed by atoms with Gasteiger partial charge in [0.1, 0.15) is 5.67 Å². The van der Waals surface area contributed by atoms with Crippen LogP contribution in [0.15, 0.2) is 4.99 Å². The predicted octanol–water partition coefficient (Wildman–Crippen LogP) is 3.24. The van der Waals surface area contributed by atoms with Crippen LogP contribution in [0.3, 0.4) is 0 Å². The van der Waals surface area contributed by atoms with Crippen molar-refractivity contribution in [3.63, 3.8) is 0 Å². The topological polar surface area (TPSA) is 57.1 Å². The summed E-state index contributed by atoms with van der Waals surface area (Å²) >= 11 is 0. The highest BCUT2D eigenvalue weighted by Gasteiger charge is 2.52. The van der Waals surface area contributed by atoms with Gasteiger partial charge in [-0.25, -0.2) is 4.79 Å². The second kappa shape index (κ2) is 9.42. The zero-order chi connectivity index (χ0) is 15.8. The van der Waals surface area contributed by atoms with Crippen LogP contribution in [-0.2, 0) is 18.1 Å². The average molecular weight is 303 g/mol. The number of aliphatic imine (C=N–C) groups is 1. The summed E-state index contributed by atoms with van der Waals surface area (Å²) in [6, 6.07) is 0. The third kappa shape index (κ3) is 6.77. The van der Waals surface area contributed by atoms with Crippen molar-refractivity contribution in [1.29, 1.82) is 0 Å². The minimum Gasteiger partial charge on any atom is -0.370 e. The Hall–Kier alpha value is -0.523. The van der Waals surface area contributed by atoms with E-state index in [4.69, 9.17) is 13.3 Å². The lowest BCUT2D eigenvalue weighted by Crippen LogP contribution is -2.59. The Labute approximate surface area is 124 Å². The summed E-state index contributed by atoms with van der Waals surface area (Å²) in [6.07, 6.45) is 3.04. The van der Waals surface area contributed by atoms with Gasteiger partial charge in [-0.1, -0.05) is 13.3 Å². The molecule has 1 atom stereocenters. The molecule has 0 rings (SSSR count).